The van der Waals surface area contributed by atoms with Gasteiger partial charge in [-0.3, -0.25) is 4.98 Å². The van der Waals surface area contributed by atoms with E-state index in [2.05, 4.69) is 34.3 Å². The Kier molecular flexibility index (Phi) is 4.01. The molecule has 5 nitrogen and oxygen atoms in total. The third-order valence-corrected chi connectivity index (χ3v) is 4.52. The van der Waals surface area contributed by atoms with Crippen molar-refractivity contribution in [2.75, 3.05) is 0 Å². The van der Waals surface area contributed by atoms with E-state index in [0.29, 0.717) is 0 Å². The molecule has 0 radical (unpaired) electrons. The topological polar surface area (TPSA) is 69.6 Å². The molecule has 0 saturated heterocycles. The van der Waals surface area contributed by atoms with Gasteiger partial charge in [0, 0.05) is 22.7 Å². The number of pyridine rings is 2. The monoisotopic (exact) mass is 343 g/mol. The van der Waals surface area contributed by atoms with Crippen molar-refractivity contribution in [1.29, 1.82) is 0 Å². The van der Waals surface area contributed by atoms with Crippen LogP contribution in [0.25, 0.3) is 28.0 Å². The first-order valence-electron chi connectivity index (χ1n) is 8.68. The molecule has 1 atom stereocenters. The van der Waals surface area contributed by atoms with Crippen molar-refractivity contribution in [1.82, 2.24) is 19.7 Å². The number of aryl methyl sites for hydroxylation is 2. The molecular weight excluding hydrogens is 322 g/mol. The lowest BCUT2D eigenvalue weighted by molar-refractivity contribution is 0.773. The molecule has 0 spiro atoms. The second-order valence-electron chi connectivity index (χ2n) is 6.65. The molecule has 0 amide bonds. The summed E-state index contributed by atoms with van der Waals surface area (Å²) in [4.78, 5) is 9.36. The van der Waals surface area contributed by atoms with Crippen LogP contribution in [0.5, 0.6) is 0 Å². The van der Waals surface area contributed by atoms with Crippen LogP contribution in [0.4, 0.5) is 0 Å². The van der Waals surface area contributed by atoms with E-state index in [1.807, 2.05) is 55.9 Å². The summed E-state index contributed by atoms with van der Waals surface area (Å²) in [7, 11) is 0. The number of benzene rings is 1. The lowest BCUT2D eigenvalue weighted by Crippen LogP contribution is -2.09. The minimum atomic E-state index is -0.0966. The summed E-state index contributed by atoms with van der Waals surface area (Å²) in [6, 6.07) is 16.2. The molecule has 0 bridgehead atoms. The average Bonchev–Trinajstić information content (AvgIpc) is 3.05. The number of nitrogens with two attached hydrogens (primary N) is 1. The maximum Gasteiger partial charge on any atom is 0.154 e. The summed E-state index contributed by atoms with van der Waals surface area (Å²) >= 11 is 0. The van der Waals surface area contributed by atoms with Crippen molar-refractivity contribution in [3.63, 3.8) is 0 Å². The van der Waals surface area contributed by atoms with E-state index in [-0.39, 0.29) is 6.04 Å². The molecule has 2 N–H and O–H groups in total. The van der Waals surface area contributed by atoms with Crippen molar-refractivity contribution in [3.8, 4) is 17.1 Å². The fourth-order valence-corrected chi connectivity index (χ4v) is 3.17. The summed E-state index contributed by atoms with van der Waals surface area (Å²) < 4.78 is 1.87. The summed E-state index contributed by atoms with van der Waals surface area (Å²) in [6.07, 6.45) is 1.86. The molecule has 3 heterocycles. The number of fused-ring (bicyclic) bond motifs is 1. The molecule has 0 fully saturated rings. The SMILES string of the molecule is Cc1cccc(-n2ncc3ccc(-c4ccc(C)c(C(C)N)n4)cc32)n1. The third kappa shape index (κ3) is 2.86. The Labute approximate surface area is 152 Å². The lowest BCUT2D eigenvalue weighted by atomic mass is 10.1. The van der Waals surface area contributed by atoms with Crippen LogP contribution in [0.15, 0.2) is 54.7 Å². The van der Waals surface area contributed by atoms with Gasteiger partial charge in [0.2, 0.25) is 0 Å². The summed E-state index contributed by atoms with van der Waals surface area (Å²) in [5.41, 5.74) is 12.0. The number of hydrogen-bond donors (Lipinski definition) is 1. The summed E-state index contributed by atoms with van der Waals surface area (Å²) in [5, 5.41) is 5.58. The van der Waals surface area contributed by atoms with Crippen LogP contribution < -0.4 is 5.73 Å². The molecule has 130 valence electrons. The molecule has 5 heteroatoms. The van der Waals surface area contributed by atoms with Gasteiger partial charge in [-0.1, -0.05) is 24.3 Å². The molecule has 0 saturated carbocycles. The Morgan fingerprint density at radius 3 is 2.62 bits per heavy atom. The quantitative estimate of drug-likeness (QED) is 0.607. The molecule has 1 unspecified atom stereocenters. The first kappa shape index (κ1) is 16.4. The molecule has 26 heavy (non-hydrogen) atoms. The van der Waals surface area contributed by atoms with Crippen LogP contribution in [-0.4, -0.2) is 19.7 Å². The Hall–Kier alpha value is -3.05. The zero-order chi connectivity index (χ0) is 18.3. The van der Waals surface area contributed by atoms with Crippen LogP contribution in [0.2, 0.25) is 0 Å². The first-order valence-corrected chi connectivity index (χ1v) is 8.68. The van der Waals surface area contributed by atoms with Gasteiger partial charge in [-0.15, -0.1) is 0 Å². The number of nitrogens with zero attached hydrogens (tertiary/aromatic N) is 4. The lowest BCUT2D eigenvalue weighted by Gasteiger charge is -2.11. The molecule has 4 aromatic rings. The molecule has 1 aromatic carbocycles. The standard InChI is InChI=1S/C21H21N5/c1-13-7-10-18(25-21(13)15(3)22)16-8-9-17-12-23-26(19(17)11-16)20-6-4-5-14(2)24-20/h4-12,15H,22H2,1-3H3. The van der Waals surface area contributed by atoms with Crippen LogP contribution in [0.3, 0.4) is 0 Å². The van der Waals surface area contributed by atoms with Crippen LogP contribution in [-0.2, 0) is 0 Å². The fourth-order valence-electron chi connectivity index (χ4n) is 3.17. The highest BCUT2D eigenvalue weighted by molar-refractivity contribution is 5.84. The first-order chi connectivity index (χ1) is 12.5. The maximum atomic E-state index is 6.06. The largest absolute Gasteiger partial charge is 0.323 e. The van der Waals surface area contributed by atoms with Gasteiger partial charge in [0.05, 0.1) is 23.1 Å². The molecular formula is C21H21N5. The van der Waals surface area contributed by atoms with Gasteiger partial charge in [-0.05, 0) is 50.6 Å². The zero-order valence-electron chi connectivity index (χ0n) is 15.1. The van der Waals surface area contributed by atoms with Crippen LogP contribution in [0.1, 0.15) is 29.9 Å². The predicted molar refractivity (Wildman–Crippen MR) is 104 cm³/mol. The molecule has 3 aromatic heterocycles. The fraction of sp³-hybridized carbons (Fsp3) is 0.190. The van der Waals surface area contributed by atoms with Gasteiger partial charge in [0.15, 0.2) is 5.82 Å². The van der Waals surface area contributed by atoms with Gasteiger partial charge >= 0.3 is 0 Å². The van der Waals surface area contributed by atoms with Gasteiger partial charge in [0.25, 0.3) is 0 Å². The number of aromatic nitrogens is 4. The van der Waals surface area contributed by atoms with E-state index >= 15 is 0 Å². The van der Waals surface area contributed by atoms with Gasteiger partial charge < -0.3 is 5.73 Å². The van der Waals surface area contributed by atoms with Gasteiger partial charge in [-0.25, -0.2) is 9.67 Å². The normalized spacial score (nSPS) is 12.5. The Balaban J connectivity index is 1.86. The van der Waals surface area contributed by atoms with Crippen LogP contribution in [0, 0.1) is 13.8 Å². The Bertz CT molecular complexity index is 1090. The van der Waals surface area contributed by atoms with E-state index < -0.39 is 0 Å². The summed E-state index contributed by atoms with van der Waals surface area (Å²) in [5.74, 6) is 0.810. The smallest absolute Gasteiger partial charge is 0.154 e. The second kappa shape index (κ2) is 6.35. The average molecular weight is 343 g/mol. The predicted octanol–water partition coefficient (Wildman–Crippen LogP) is 4.12. The number of rotatable bonds is 3. The Morgan fingerprint density at radius 1 is 1.00 bits per heavy atom. The van der Waals surface area contributed by atoms with Crippen molar-refractivity contribution in [2.45, 2.75) is 26.8 Å². The second-order valence-corrected chi connectivity index (χ2v) is 6.65. The Morgan fingerprint density at radius 2 is 1.85 bits per heavy atom. The van der Waals surface area contributed by atoms with Crippen molar-refractivity contribution in [3.05, 3.63) is 71.7 Å². The third-order valence-electron chi connectivity index (χ3n) is 4.52. The highest BCUT2D eigenvalue weighted by Crippen LogP contribution is 2.26. The van der Waals surface area contributed by atoms with E-state index in [9.17, 15) is 0 Å². The molecule has 0 aliphatic heterocycles. The van der Waals surface area contributed by atoms with Gasteiger partial charge in [0.1, 0.15) is 0 Å². The molecule has 0 aliphatic carbocycles. The van der Waals surface area contributed by atoms with Gasteiger partial charge in [-0.2, -0.15) is 5.10 Å². The minimum absolute atomic E-state index is 0.0966. The maximum absolute atomic E-state index is 6.06. The van der Waals surface area contributed by atoms with Crippen molar-refractivity contribution >= 4 is 10.9 Å². The van der Waals surface area contributed by atoms with E-state index in [1.54, 1.807) is 0 Å². The van der Waals surface area contributed by atoms with E-state index in [0.717, 1.165) is 44.9 Å². The van der Waals surface area contributed by atoms with E-state index in [4.69, 9.17) is 10.7 Å². The molecule has 0 aliphatic rings. The van der Waals surface area contributed by atoms with E-state index in [1.165, 1.54) is 0 Å². The summed E-state index contributed by atoms with van der Waals surface area (Å²) in [6.45, 7) is 5.98. The van der Waals surface area contributed by atoms with Crippen molar-refractivity contribution < 1.29 is 0 Å². The van der Waals surface area contributed by atoms with Crippen molar-refractivity contribution in [2.24, 2.45) is 5.73 Å². The minimum Gasteiger partial charge on any atom is -0.323 e. The van der Waals surface area contributed by atoms with Crippen LogP contribution >= 0.6 is 0 Å². The zero-order valence-corrected chi connectivity index (χ0v) is 15.1. The highest BCUT2D eigenvalue weighted by atomic mass is 15.3. The molecule has 4 rings (SSSR count). The number of hydrogen-bond acceptors (Lipinski definition) is 4. The highest BCUT2D eigenvalue weighted by Gasteiger charge is 2.11.